The van der Waals surface area contributed by atoms with Crippen molar-refractivity contribution in [2.24, 2.45) is 0 Å². The van der Waals surface area contributed by atoms with Gasteiger partial charge in [-0.2, -0.15) is 8.78 Å². The Kier molecular flexibility index (Phi) is 5.15. The van der Waals surface area contributed by atoms with Crippen LogP contribution in [0.25, 0.3) is 0 Å². The summed E-state index contributed by atoms with van der Waals surface area (Å²) in [5.41, 5.74) is 0.908. The van der Waals surface area contributed by atoms with Crippen molar-refractivity contribution in [2.75, 3.05) is 20.6 Å². The monoisotopic (exact) mass is 245 g/mol. The highest BCUT2D eigenvalue weighted by molar-refractivity contribution is 5.41. The quantitative estimate of drug-likeness (QED) is 0.835. The number of hydrogen-bond acceptors (Lipinski definition) is 3. The van der Waals surface area contributed by atoms with Crippen LogP contribution in [0.1, 0.15) is 12.0 Å². The number of hydrogen-bond donors (Lipinski definition) is 1. The molecule has 1 aromatic carbocycles. The van der Waals surface area contributed by atoms with Gasteiger partial charge in [0.05, 0.1) is 0 Å². The van der Waals surface area contributed by atoms with Gasteiger partial charge in [-0.1, -0.05) is 6.07 Å². The molecule has 5 heteroatoms. The van der Waals surface area contributed by atoms with E-state index in [0.29, 0.717) is 0 Å². The van der Waals surface area contributed by atoms with E-state index in [4.69, 9.17) is 0 Å². The third-order valence-electron chi connectivity index (χ3n) is 2.31. The van der Waals surface area contributed by atoms with Crippen LogP contribution in [0.5, 0.6) is 11.5 Å². The van der Waals surface area contributed by atoms with Crippen molar-refractivity contribution in [3.63, 3.8) is 0 Å². The predicted molar refractivity (Wildman–Crippen MR) is 61.6 cm³/mol. The Hall–Kier alpha value is -1.36. The maximum Gasteiger partial charge on any atom is 0.387 e. The van der Waals surface area contributed by atoms with Crippen LogP contribution in [-0.2, 0) is 6.42 Å². The average Bonchev–Trinajstić information content (AvgIpc) is 2.21. The molecule has 96 valence electrons. The van der Waals surface area contributed by atoms with Crippen molar-refractivity contribution in [3.05, 3.63) is 23.8 Å². The summed E-state index contributed by atoms with van der Waals surface area (Å²) in [7, 11) is 3.97. The number of phenolic OH excluding ortho intramolecular Hbond substituents is 1. The van der Waals surface area contributed by atoms with Crippen LogP contribution in [0.4, 0.5) is 8.78 Å². The van der Waals surface area contributed by atoms with Gasteiger partial charge in [-0.15, -0.1) is 0 Å². The molecule has 0 aliphatic heterocycles. The fraction of sp³-hybridized carbons (Fsp3) is 0.500. The summed E-state index contributed by atoms with van der Waals surface area (Å²) in [5, 5.41) is 9.48. The van der Waals surface area contributed by atoms with Crippen molar-refractivity contribution in [3.8, 4) is 11.5 Å². The number of ether oxygens (including phenoxy) is 1. The van der Waals surface area contributed by atoms with Crippen LogP contribution in [-0.4, -0.2) is 37.3 Å². The molecule has 0 saturated heterocycles. The summed E-state index contributed by atoms with van der Waals surface area (Å²) in [4.78, 5) is 2.06. The molecule has 0 aromatic heterocycles. The van der Waals surface area contributed by atoms with Gasteiger partial charge in [0.2, 0.25) is 0 Å². The number of aryl methyl sites for hydroxylation is 1. The lowest BCUT2D eigenvalue weighted by Crippen LogP contribution is -2.13. The van der Waals surface area contributed by atoms with E-state index in [2.05, 4.69) is 9.64 Å². The van der Waals surface area contributed by atoms with E-state index in [1.165, 1.54) is 12.1 Å². The summed E-state index contributed by atoms with van der Waals surface area (Å²) in [6, 6.07) is 4.52. The Morgan fingerprint density at radius 3 is 2.59 bits per heavy atom. The van der Waals surface area contributed by atoms with Gasteiger partial charge in [0, 0.05) is 0 Å². The topological polar surface area (TPSA) is 32.7 Å². The Labute approximate surface area is 99.6 Å². The fourth-order valence-electron chi connectivity index (χ4n) is 1.51. The minimum absolute atomic E-state index is 0.184. The minimum atomic E-state index is -2.92. The van der Waals surface area contributed by atoms with Crippen LogP contribution in [0.2, 0.25) is 0 Å². The minimum Gasteiger partial charge on any atom is -0.504 e. The van der Waals surface area contributed by atoms with Crippen molar-refractivity contribution < 1.29 is 18.6 Å². The summed E-state index contributed by atoms with van der Waals surface area (Å²) in [6.07, 6.45) is 1.74. The summed E-state index contributed by atoms with van der Waals surface area (Å²) < 4.78 is 28.1. The highest BCUT2D eigenvalue weighted by Gasteiger charge is 2.09. The van der Waals surface area contributed by atoms with Gasteiger partial charge in [-0.3, -0.25) is 0 Å². The van der Waals surface area contributed by atoms with E-state index < -0.39 is 6.61 Å². The molecule has 1 N–H and O–H groups in total. The first kappa shape index (κ1) is 13.7. The predicted octanol–water partition coefficient (Wildman–Crippen LogP) is 2.49. The maximum absolute atomic E-state index is 12.0. The van der Waals surface area contributed by atoms with E-state index in [9.17, 15) is 13.9 Å². The molecule has 17 heavy (non-hydrogen) atoms. The molecule has 0 atom stereocenters. The van der Waals surface area contributed by atoms with Gasteiger partial charge in [0.25, 0.3) is 0 Å². The van der Waals surface area contributed by atoms with Crippen molar-refractivity contribution in [1.29, 1.82) is 0 Å². The lowest BCUT2D eigenvalue weighted by Gasteiger charge is -2.10. The molecular formula is C12H17F2NO2. The third-order valence-corrected chi connectivity index (χ3v) is 2.31. The van der Waals surface area contributed by atoms with Gasteiger partial charge in [0.15, 0.2) is 11.5 Å². The zero-order valence-electron chi connectivity index (χ0n) is 9.99. The van der Waals surface area contributed by atoms with Crippen molar-refractivity contribution >= 4 is 0 Å². The zero-order chi connectivity index (χ0) is 12.8. The number of rotatable bonds is 6. The van der Waals surface area contributed by atoms with E-state index in [0.717, 1.165) is 24.9 Å². The molecule has 3 nitrogen and oxygen atoms in total. The molecule has 0 aliphatic rings. The van der Waals surface area contributed by atoms with Crippen molar-refractivity contribution in [2.45, 2.75) is 19.5 Å². The number of alkyl halides is 2. The van der Waals surface area contributed by atoms with Crippen LogP contribution in [0.3, 0.4) is 0 Å². The van der Waals surface area contributed by atoms with Gasteiger partial charge in [0.1, 0.15) is 0 Å². The number of aromatic hydroxyl groups is 1. The molecule has 0 radical (unpaired) electrons. The molecule has 0 fully saturated rings. The number of phenols is 1. The molecule has 1 aromatic rings. The molecule has 0 heterocycles. The van der Waals surface area contributed by atoms with Crippen LogP contribution in [0, 0.1) is 0 Å². The maximum atomic E-state index is 12.0. The molecule has 0 saturated carbocycles. The Morgan fingerprint density at radius 2 is 2.06 bits per heavy atom. The average molecular weight is 245 g/mol. The van der Waals surface area contributed by atoms with Crippen LogP contribution in [0.15, 0.2) is 18.2 Å². The van der Waals surface area contributed by atoms with Gasteiger partial charge in [-0.05, 0) is 51.2 Å². The number of halogens is 2. The zero-order valence-corrected chi connectivity index (χ0v) is 9.99. The molecule has 0 spiro atoms. The van der Waals surface area contributed by atoms with E-state index >= 15 is 0 Å². The largest absolute Gasteiger partial charge is 0.504 e. The standard InChI is InChI=1S/C12H17F2NO2/c1-15(2)7-3-4-9-5-6-11(10(16)8-9)17-12(13)14/h5-6,8,12,16H,3-4,7H2,1-2H3. The van der Waals surface area contributed by atoms with Gasteiger partial charge >= 0.3 is 6.61 Å². The third kappa shape index (κ3) is 4.99. The fourth-order valence-corrected chi connectivity index (χ4v) is 1.51. The molecule has 0 amide bonds. The first-order valence-electron chi connectivity index (χ1n) is 5.40. The molecular weight excluding hydrogens is 228 g/mol. The first-order valence-corrected chi connectivity index (χ1v) is 5.40. The number of benzene rings is 1. The molecule has 1 rings (SSSR count). The van der Waals surface area contributed by atoms with Gasteiger partial charge in [-0.25, -0.2) is 0 Å². The smallest absolute Gasteiger partial charge is 0.387 e. The first-order chi connectivity index (χ1) is 7.99. The normalized spacial score (nSPS) is 11.2. The summed E-state index contributed by atoms with van der Waals surface area (Å²) >= 11 is 0. The molecule has 0 unspecified atom stereocenters. The highest BCUT2D eigenvalue weighted by Crippen LogP contribution is 2.28. The van der Waals surface area contributed by atoms with Crippen LogP contribution < -0.4 is 4.74 Å². The summed E-state index contributed by atoms with van der Waals surface area (Å²) in [5.74, 6) is -0.427. The molecule has 0 aliphatic carbocycles. The summed E-state index contributed by atoms with van der Waals surface area (Å²) in [6.45, 7) is -1.98. The van der Waals surface area contributed by atoms with E-state index in [1.54, 1.807) is 6.07 Å². The lowest BCUT2D eigenvalue weighted by molar-refractivity contribution is -0.0512. The second-order valence-electron chi connectivity index (χ2n) is 4.09. The number of nitrogens with zero attached hydrogens (tertiary/aromatic N) is 1. The Morgan fingerprint density at radius 1 is 1.35 bits per heavy atom. The van der Waals surface area contributed by atoms with E-state index in [-0.39, 0.29) is 11.5 Å². The SMILES string of the molecule is CN(C)CCCc1ccc(OC(F)F)c(O)c1. The second-order valence-corrected chi connectivity index (χ2v) is 4.09. The van der Waals surface area contributed by atoms with E-state index in [1.807, 2.05) is 14.1 Å². The Balaban J connectivity index is 2.56. The van der Waals surface area contributed by atoms with Crippen molar-refractivity contribution in [1.82, 2.24) is 4.90 Å². The van der Waals surface area contributed by atoms with Crippen LogP contribution >= 0.6 is 0 Å². The molecule has 0 bridgehead atoms. The lowest BCUT2D eigenvalue weighted by atomic mass is 10.1. The highest BCUT2D eigenvalue weighted by atomic mass is 19.3. The Bertz CT molecular complexity index is 356. The van der Waals surface area contributed by atoms with Gasteiger partial charge < -0.3 is 14.7 Å². The second kappa shape index (κ2) is 6.39.